The maximum atomic E-state index is 3.89. The van der Waals surface area contributed by atoms with Crippen LogP contribution in [0.2, 0.25) is 0 Å². The monoisotopic (exact) mass is 612 g/mol. The van der Waals surface area contributed by atoms with E-state index in [2.05, 4.69) is 139 Å². The van der Waals surface area contributed by atoms with Crippen LogP contribution in [0.15, 0.2) is 104 Å². The summed E-state index contributed by atoms with van der Waals surface area (Å²) >= 11 is 11.2. The molecule has 0 saturated carbocycles. The predicted octanol–water partition coefficient (Wildman–Crippen LogP) is 10.8. The van der Waals surface area contributed by atoms with Crippen molar-refractivity contribution in [2.75, 3.05) is 0 Å². The van der Waals surface area contributed by atoms with E-state index in [9.17, 15) is 0 Å². The van der Waals surface area contributed by atoms with Crippen LogP contribution in [0.4, 0.5) is 0 Å². The van der Waals surface area contributed by atoms with E-state index in [1.807, 2.05) is 0 Å². The Bertz CT molecular complexity index is 1880. The topological polar surface area (TPSA) is 0 Å². The zero-order valence-electron chi connectivity index (χ0n) is 17.3. The third kappa shape index (κ3) is 2.92. The maximum absolute atomic E-state index is 3.89. The Hall–Kier alpha value is -2.46. The molecule has 33 heavy (non-hydrogen) atoms. The van der Waals surface area contributed by atoms with E-state index < -0.39 is 0 Å². The first-order valence-electron chi connectivity index (χ1n) is 10.8. The highest BCUT2D eigenvalue weighted by Crippen LogP contribution is 2.46. The molecule has 7 aromatic carbocycles. The Morgan fingerprint density at radius 3 is 1.94 bits per heavy atom. The predicted molar refractivity (Wildman–Crippen MR) is 154 cm³/mol. The van der Waals surface area contributed by atoms with E-state index in [1.165, 1.54) is 65.0 Å². The second-order valence-corrected chi connectivity index (χ2v) is 11.3. The molecule has 7 aromatic rings. The summed E-state index contributed by atoms with van der Waals surface area (Å²) in [6.07, 6.45) is 0. The second-order valence-electron chi connectivity index (χ2n) is 8.57. The molecular weight excluding hydrogens is 600 g/mol. The van der Waals surface area contributed by atoms with Crippen molar-refractivity contribution in [3.8, 4) is 11.1 Å². The number of benzene rings is 7. The van der Waals surface area contributed by atoms with Crippen molar-refractivity contribution in [2.45, 2.75) is 0 Å². The first-order valence-corrected chi connectivity index (χ1v) is 13.1. The molecule has 0 aliphatic carbocycles. The fourth-order valence-corrected chi connectivity index (χ4v) is 6.50. The molecule has 0 amide bonds. The van der Waals surface area contributed by atoms with Gasteiger partial charge in [-0.1, -0.05) is 96.3 Å². The lowest BCUT2D eigenvalue weighted by Crippen LogP contribution is -1.91. The van der Waals surface area contributed by atoms with Gasteiger partial charge in [0.25, 0.3) is 0 Å². The minimum atomic E-state index is 1.09. The third-order valence-electron chi connectivity index (χ3n) is 6.74. The summed E-state index contributed by atoms with van der Waals surface area (Å²) in [5.41, 5.74) is 2.47. The summed E-state index contributed by atoms with van der Waals surface area (Å²) in [4.78, 5) is 0. The van der Waals surface area contributed by atoms with Gasteiger partial charge in [0.05, 0.1) is 0 Å². The number of rotatable bonds is 1. The first-order chi connectivity index (χ1) is 16.1. The van der Waals surface area contributed by atoms with Gasteiger partial charge in [0.15, 0.2) is 0 Å². The number of hydrogen-bond acceptors (Lipinski definition) is 0. The molecule has 0 spiro atoms. The summed E-state index contributed by atoms with van der Waals surface area (Å²) in [5.74, 6) is 0. The summed E-state index contributed by atoms with van der Waals surface area (Å²) < 4.78 is 3.32. The van der Waals surface area contributed by atoms with E-state index in [1.54, 1.807) is 0 Å². The van der Waals surface area contributed by atoms with E-state index in [0.717, 1.165) is 13.4 Å². The van der Waals surface area contributed by atoms with Gasteiger partial charge in [-0.2, -0.15) is 0 Å². The Labute approximate surface area is 215 Å². The second kappa shape index (κ2) is 7.27. The van der Waals surface area contributed by atoms with Crippen molar-refractivity contribution in [3.63, 3.8) is 0 Å². The summed E-state index contributed by atoms with van der Waals surface area (Å²) in [5, 5.41) is 12.9. The standard InChI is InChI=1S/C30H15Br3/c31-21-8-3-17(4-9-21)24-14-20-13-19-2-1-16-5-10-22(32)15-25(16)27(19)23-11-6-18-7-12-26(33)30(24)29(18)28(20)23/h1-15H. The Balaban J connectivity index is 1.75. The van der Waals surface area contributed by atoms with E-state index in [4.69, 9.17) is 0 Å². The zero-order valence-corrected chi connectivity index (χ0v) is 22.1. The average Bonchev–Trinajstić information content (AvgIpc) is 2.83. The molecule has 0 N–H and O–H groups in total. The van der Waals surface area contributed by atoms with Crippen LogP contribution in [0, 0.1) is 0 Å². The molecule has 0 aliphatic heterocycles. The van der Waals surface area contributed by atoms with Crippen LogP contribution in [0.25, 0.3) is 65.0 Å². The maximum Gasteiger partial charge on any atom is 0.0260 e. The molecule has 0 heterocycles. The van der Waals surface area contributed by atoms with Gasteiger partial charge < -0.3 is 0 Å². The van der Waals surface area contributed by atoms with Crippen molar-refractivity contribution in [3.05, 3.63) is 104 Å². The molecule has 0 radical (unpaired) electrons. The quantitative estimate of drug-likeness (QED) is 0.127. The summed E-state index contributed by atoms with van der Waals surface area (Å²) in [6.45, 7) is 0. The van der Waals surface area contributed by atoms with Gasteiger partial charge in [0, 0.05) is 18.8 Å². The largest absolute Gasteiger partial charge is 0.0537 e. The van der Waals surface area contributed by atoms with Gasteiger partial charge in [-0.25, -0.2) is 0 Å². The molecular formula is C30H15Br3. The molecule has 0 unspecified atom stereocenters. The van der Waals surface area contributed by atoms with Crippen LogP contribution >= 0.6 is 47.8 Å². The van der Waals surface area contributed by atoms with Gasteiger partial charge in [-0.05, 0) is 102 Å². The van der Waals surface area contributed by atoms with Crippen molar-refractivity contribution in [1.82, 2.24) is 0 Å². The van der Waals surface area contributed by atoms with Crippen LogP contribution in [-0.2, 0) is 0 Å². The lowest BCUT2D eigenvalue weighted by Gasteiger charge is -2.18. The van der Waals surface area contributed by atoms with Crippen molar-refractivity contribution < 1.29 is 0 Å². The van der Waals surface area contributed by atoms with Crippen LogP contribution in [0.1, 0.15) is 0 Å². The van der Waals surface area contributed by atoms with Gasteiger partial charge in [0.2, 0.25) is 0 Å². The molecule has 0 atom stereocenters. The SMILES string of the molecule is Brc1ccc(-c2cc3cc4ccc5ccc(Br)cc5c4c4ccc5ccc(Br)c2c5c34)cc1. The molecule has 0 bridgehead atoms. The smallest absolute Gasteiger partial charge is 0.0260 e. The molecule has 156 valence electrons. The fourth-order valence-electron chi connectivity index (χ4n) is 5.33. The first kappa shape index (κ1) is 20.0. The van der Waals surface area contributed by atoms with Gasteiger partial charge >= 0.3 is 0 Å². The fraction of sp³-hybridized carbons (Fsp3) is 0. The van der Waals surface area contributed by atoms with Gasteiger partial charge in [-0.3, -0.25) is 0 Å². The zero-order chi connectivity index (χ0) is 22.3. The van der Waals surface area contributed by atoms with E-state index in [-0.39, 0.29) is 0 Å². The Morgan fingerprint density at radius 2 is 1.09 bits per heavy atom. The molecule has 3 heteroatoms. The molecule has 7 rings (SSSR count). The highest BCUT2D eigenvalue weighted by molar-refractivity contribution is 9.11. The third-order valence-corrected chi connectivity index (χ3v) is 8.43. The summed E-state index contributed by atoms with van der Waals surface area (Å²) in [6, 6.07) is 33.4. The number of fused-ring (bicyclic) bond motifs is 4. The minimum Gasteiger partial charge on any atom is -0.0537 e. The van der Waals surface area contributed by atoms with Crippen LogP contribution in [0.3, 0.4) is 0 Å². The molecule has 0 nitrogen and oxygen atoms in total. The van der Waals surface area contributed by atoms with E-state index >= 15 is 0 Å². The lowest BCUT2D eigenvalue weighted by molar-refractivity contribution is 1.63. The normalized spacial score (nSPS) is 12.1. The van der Waals surface area contributed by atoms with Gasteiger partial charge in [0.1, 0.15) is 0 Å². The van der Waals surface area contributed by atoms with E-state index in [0.29, 0.717) is 0 Å². The highest BCUT2D eigenvalue weighted by atomic mass is 79.9. The van der Waals surface area contributed by atoms with Crippen LogP contribution < -0.4 is 0 Å². The van der Waals surface area contributed by atoms with Gasteiger partial charge in [-0.15, -0.1) is 0 Å². The van der Waals surface area contributed by atoms with Crippen molar-refractivity contribution in [2.24, 2.45) is 0 Å². The lowest BCUT2D eigenvalue weighted by atomic mass is 9.86. The molecule has 0 aliphatic rings. The van der Waals surface area contributed by atoms with Crippen molar-refractivity contribution >= 4 is 102 Å². The minimum absolute atomic E-state index is 1.09. The van der Waals surface area contributed by atoms with Crippen LogP contribution in [-0.4, -0.2) is 0 Å². The average molecular weight is 615 g/mol. The Morgan fingerprint density at radius 1 is 0.394 bits per heavy atom. The molecule has 0 aromatic heterocycles. The van der Waals surface area contributed by atoms with Crippen LogP contribution in [0.5, 0.6) is 0 Å². The van der Waals surface area contributed by atoms with Crippen molar-refractivity contribution in [1.29, 1.82) is 0 Å². The number of halogens is 3. The molecule has 0 saturated heterocycles. The highest BCUT2D eigenvalue weighted by Gasteiger charge is 2.18. The number of hydrogen-bond donors (Lipinski definition) is 0. The summed E-state index contributed by atoms with van der Waals surface area (Å²) in [7, 11) is 0. The molecule has 0 fully saturated rings. The Kier molecular flexibility index (Phi) is 4.40.